The third kappa shape index (κ3) is 4.21. The number of aryl methyl sites for hydroxylation is 1. The summed E-state index contributed by atoms with van der Waals surface area (Å²) in [6.45, 7) is 1.89. The monoisotopic (exact) mass is 359 g/mol. The average Bonchev–Trinajstić information content (AvgIpc) is 3.01. The van der Waals surface area contributed by atoms with E-state index in [1.54, 1.807) is 32.4 Å². The van der Waals surface area contributed by atoms with E-state index in [9.17, 15) is 4.79 Å². The fraction of sp³-hybridized carbons (Fsp3) is 0.235. The molecule has 1 amide bonds. The fourth-order valence-corrected chi connectivity index (χ4v) is 2.79. The number of methoxy groups -OCH3 is 2. The molecule has 0 radical (unpaired) electrons. The molecule has 8 heteroatoms. The largest absolute Gasteiger partial charge is 0.497 e. The van der Waals surface area contributed by atoms with Gasteiger partial charge in [0.2, 0.25) is 5.91 Å². The maximum absolute atomic E-state index is 12.2. The Balaban J connectivity index is 1.64. The SMILES string of the molecule is COc1cc(NC(=O)CSc2nc3nc(C)ccc3o2)cc(OC)c1. The van der Waals surface area contributed by atoms with Gasteiger partial charge in [0.05, 0.1) is 20.0 Å². The molecule has 0 saturated heterocycles. The fourth-order valence-electron chi connectivity index (χ4n) is 2.16. The number of nitrogens with one attached hydrogen (secondary N) is 1. The van der Waals surface area contributed by atoms with Crippen molar-refractivity contribution in [2.24, 2.45) is 0 Å². The average molecular weight is 359 g/mol. The molecule has 0 aliphatic rings. The highest BCUT2D eigenvalue weighted by molar-refractivity contribution is 7.99. The van der Waals surface area contributed by atoms with Crippen LogP contribution >= 0.6 is 11.8 Å². The predicted octanol–water partition coefficient (Wildman–Crippen LogP) is 3.28. The van der Waals surface area contributed by atoms with Gasteiger partial charge < -0.3 is 19.2 Å². The van der Waals surface area contributed by atoms with E-state index >= 15 is 0 Å². The number of hydrogen-bond acceptors (Lipinski definition) is 7. The lowest BCUT2D eigenvalue weighted by Crippen LogP contribution is -2.14. The summed E-state index contributed by atoms with van der Waals surface area (Å²) in [5.74, 6) is 1.17. The molecule has 1 N–H and O–H groups in total. The van der Waals surface area contributed by atoms with E-state index in [0.717, 1.165) is 5.69 Å². The number of hydrogen-bond donors (Lipinski definition) is 1. The van der Waals surface area contributed by atoms with Crippen molar-refractivity contribution in [3.8, 4) is 11.5 Å². The Morgan fingerprint density at radius 2 is 1.88 bits per heavy atom. The number of oxazole rings is 1. The highest BCUT2D eigenvalue weighted by atomic mass is 32.2. The van der Waals surface area contributed by atoms with Gasteiger partial charge >= 0.3 is 0 Å². The number of pyridine rings is 1. The van der Waals surface area contributed by atoms with Gasteiger partial charge in [-0.2, -0.15) is 4.98 Å². The van der Waals surface area contributed by atoms with Crippen molar-refractivity contribution >= 4 is 34.6 Å². The van der Waals surface area contributed by atoms with Gasteiger partial charge in [-0.05, 0) is 19.1 Å². The molecule has 0 bridgehead atoms. The molecule has 25 heavy (non-hydrogen) atoms. The van der Waals surface area contributed by atoms with Crippen LogP contribution in [0.1, 0.15) is 5.69 Å². The van der Waals surface area contributed by atoms with E-state index < -0.39 is 0 Å². The molecule has 2 aromatic heterocycles. The lowest BCUT2D eigenvalue weighted by atomic mass is 10.2. The van der Waals surface area contributed by atoms with Crippen molar-refractivity contribution in [3.05, 3.63) is 36.0 Å². The van der Waals surface area contributed by atoms with E-state index in [0.29, 0.717) is 33.6 Å². The van der Waals surface area contributed by atoms with Gasteiger partial charge in [-0.25, -0.2) is 4.98 Å². The van der Waals surface area contributed by atoms with Crippen LogP contribution in [0.4, 0.5) is 5.69 Å². The molecule has 0 fully saturated rings. The summed E-state index contributed by atoms with van der Waals surface area (Å²) in [5.41, 5.74) is 2.60. The maximum Gasteiger partial charge on any atom is 0.258 e. The first kappa shape index (κ1) is 17.1. The standard InChI is InChI=1S/C17H17N3O4S/c1-10-4-5-14-16(18-10)20-17(24-14)25-9-15(21)19-11-6-12(22-2)8-13(7-11)23-3/h4-8H,9H2,1-3H3,(H,19,21). The molecule has 3 aromatic rings. The number of nitrogens with zero attached hydrogens (tertiary/aromatic N) is 2. The topological polar surface area (TPSA) is 86.5 Å². The Kier molecular flexibility index (Phi) is 5.08. The third-order valence-corrected chi connectivity index (χ3v) is 4.16. The number of ether oxygens (including phenoxy) is 2. The molecular weight excluding hydrogens is 342 g/mol. The minimum Gasteiger partial charge on any atom is -0.497 e. The normalized spacial score (nSPS) is 10.7. The Morgan fingerprint density at radius 3 is 2.56 bits per heavy atom. The first-order valence-corrected chi connectivity index (χ1v) is 8.46. The van der Waals surface area contributed by atoms with Crippen LogP contribution in [0.2, 0.25) is 0 Å². The van der Waals surface area contributed by atoms with Crippen LogP contribution in [-0.2, 0) is 4.79 Å². The van der Waals surface area contributed by atoms with E-state index in [-0.39, 0.29) is 11.7 Å². The number of thioether (sulfide) groups is 1. The number of anilines is 1. The molecule has 0 aliphatic heterocycles. The van der Waals surface area contributed by atoms with Crippen LogP contribution in [0.3, 0.4) is 0 Å². The highest BCUT2D eigenvalue weighted by Gasteiger charge is 2.11. The highest BCUT2D eigenvalue weighted by Crippen LogP contribution is 2.26. The number of fused-ring (bicyclic) bond motifs is 1. The van der Waals surface area contributed by atoms with Gasteiger partial charge in [0, 0.05) is 29.6 Å². The zero-order valence-electron chi connectivity index (χ0n) is 14.0. The number of rotatable bonds is 6. The second-order valence-corrected chi connectivity index (χ2v) is 6.12. The summed E-state index contributed by atoms with van der Waals surface area (Å²) in [6, 6.07) is 8.84. The molecule has 7 nitrogen and oxygen atoms in total. The first-order valence-electron chi connectivity index (χ1n) is 7.47. The lowest BCUT2D eigenvalue weighted by molar-refractivity contribution is -0.113. The molecule has 0 saturated carbocycles. The van der Waals surface area contributed by atoms with Crippen molar-refractivity contribution in [1.29, 1.82) is 0 Å². The summed E-state index contributed by atoms with van der Waals surface area (Å²) < 4.78 is 15.9. The van der Waals surface area contributed by atoms with Crippen LogP contribution in [0.15, 0.2) is 40.0 Å². The number of carbonyl (C=O) groups is 1. The molecule has 0 atom stereocenters. The number of carbonyl (C=O) groups excluding carboxylic acids is 1. The summed E-state index contributed by atoms with van der Waals surface area (Å²) >= 11 is 1.21. The number of aromatic nitrogens is 2. The van der Waals surface area contributed by atoms with Crippen LogP contribution < -0.4 is 14.8 Å². The van der Waals surface area contributed by atoms with Gasteiger partial charge in [0.1, 0.15) is 11.5 Å². The van der Waals surface area contributed by atoms with Gasteiger partial charge in [0.15, 0.2) is 11.2 Å². The van der Waals surface area contributed by atoms with Gasteiger partial charge in [-0.15, -0.1) is 0 Å². The minimum absolute atomic E-state index is 0.158. The lowest BCUT2D eigenvalue weighted by Gasteiger charge is -2.09. The van der Waals surface area contributed by atoms with Crippen LogP contribution in [0.5, 0.6) is 11.5 Å². The summed E-state index contributed by atoms with van der Waals surface area (Å²) in [7, 11) is 3.11. The van der Waals surface area contributed by atoms with E-state index in [2.05, 4.69) is 15.3 Å². The van der Waals surface area contributed by atoms with E-state index in [1.165, 1.54) is 11.8 Å². The van der Waals surface area contributed by atoms with Crippen molar-refractivity contribution < 1.29 is 18.7 Å². The quantitative estimate of drug-likeness (QED) is 0.676. The molecule has 0 unspecified atom stereocenters. The van der Waals surface area contributed by atoms with E-state index in [1.807, 2.05) is 19.1 Å². The minimum atomic E-state index is -0.188. The number of amides is 1. The zero-order chi connectivity index (χ0) is 17.8. The molecule has 3 rings (SSSR count). The van der Waals surface area contributed by atoms with Crippen molar-refractivity contribution in [1.82, 2.24) is 9.97 Å². The molecule has 0 spiro atoms. The van der Waals surface area contributed by atoms with Crippen molar-refractivity contribution in [2.45, 2.75) is 12.1 Å². The summed E-state index contributed by atoms with van der Waals surface area (Å²) in [4.78, 5) is 20.7. The summed E-state index contributed by atoms with van der Waals surface area (Å²) in [5, 5.41) is 3.21. The first-order chi connectivity index (χ1) is 12.1. The third-order valence-electron chi connectivity index (χ3n) is 3.33. The second kappa shape index (κ2) is 7.43. The van der Waals surface area contributed by atoms with Crippen LogP contribution in [0.25, 0.3) is 11.2 Å². The Bertz CT molecular complexity index is 888. The molecule has 130 valence electrons. The van der Waals surface area contributed by atoms with Crippen LogP contribution in [-0.4, -0.2) is 35.8 Å². The Labute approximate surface area is 148 Å². The summed E-state index contributed by atoms with van der Waals surface area (Å²) in [6.07, 6.45) is 0. The van der Waals surface area contributed by atoms with Gasteiger partial charge in [0.25, 0.3) is 5.22 Å². The predicted molar refractivity (Wildman–Crippen MR) is 95.4 cm³/mol. The zero-order valence-corrected chi connectivity index (χ0v) is 14.8. The van der Waals surface area contributed by atoms with Gasteiger partial charge in [-0.3, -0.25) is 4.79 Å². The van der Waals surface area contributed by atoms with Crippen molar-refractivity contribution in [3.63, 3.8) is 0 Å². The Morgan fingerprint density at radius 1 is 1.16 bits per heavy atom. The smallest absolute Gasteiger partial charge is 0.258 e. The number of benzene rings is 1. The van der Waals surface area contributed by atoms with Crippen LogP contribution in [0, 0.1) is 6.92 Å². The van der Waals surface area contributed by atoms with Gasteiger partial charge in [-0.1, -0.05) is 11.8 Å². The van der Waals surface area contributed by atoms with Crippen molar-refractivity contribution in [2.75, 3.05) is 25.3 Å². The second-order valence-electron chi connectivity index (χ2n) is 5.19. The maximum atomic E-state index is 12.2. The Hall–Kier alpha value is -2.74. The molecule has 2 heterocycles. The molecular formula is C17H17N3O4S. The molecule has 1 aromatic carbocycles. The molecule has 0 aliphatic carbocycles. The van der Waals surface area contributed by atoms with E-state index in [4.69, 9.17) is 13.9 Å².